The average molecular weight is 169 g/mol. The van der Waals surface area contributed by atoms with Gasteiger partial charge in [-0.2, -0.15) is 0 Å². The zero-order valence-corrected chi connectivity index (χ0v) is 7.71. The Morgan fingerprint density at radius 1 is 0.917 bits per heavy atom. The molecular formula is C10H19NO. The van der Waals surface area contributed by atoms with E-state index in [4.69, 9.17) is 0 Å². The van der Waals surface area contributed by atoms with Crippen molar-refractivity contribution in [3.05, 3.63) is 0 Å². The van der Waals surface area contributed by atoms with Crippen molar-refractivity contribution in [3.63, 3.8) is 0 Å². The number of nitrogens with zero attached hydrogens (tertiary/aromatic N) is 1. The van der Waals surface area contributed by atoms with Gasteiger partial charge in [0.1, 0.15) is 0 Å². The minimum atomic E-state index is -0.0307. The van der Waals surface area contributed by atoms with Crippen LogP contribution >= 0.6 is 0 Å². The highest BCUT2D eigenvalue weighted by Crippen LogP contribution is 2.25. The van der Waals surface area contributed by atoms with E-state index in [0.717, 1.165) is 6.42 Å². The molecule has 1 N–H and O–H groups in total. The quantitative estimate of drug-likeness (QED) is 0.641. The highest BCUT2D eigenvalue weighted by atomic mass is 16.3. The molecule has 0 bridgehead atoms. The standard InChI is InChI=1S/C10H19NO/c12-10-6-2-1-5-9(10)11-7-3-4-8-11/h9-10,12H,1-8H2. The van der Waals surface area contributed by atoms with E-state index >= 15 is 0 Å². The normalized spacial score (nSPS) is 38.8. The Labute approximate surface area is 74.6 Å². The SMILES string of the molecule is OC1CCCCC1N1CCCC1. The van der Waals surface area contributed by atoms with Crippen LogP contribution in [0.15, 0.2) is 0 Å². The molecule has 1 heterocycles. The summed E-state index contributed by atoms with van der Waals surface area (Å²) in [6.07, 6.45) is 7.44. The third kappa shape index (κ3) is 1.64. The van der Waals surface area contributed by atoms with E-state index in [1.807, 2.05) is 0 Å². The molecule has 0 spiro atoms. The minimum absolute atomic E-state index is 0.0307. The molecule has 0 aromatic heterocycles. The lowest BCUT2D eigenvalue weighted by Crippen LogP contribution is -2.43. The van der Waals surface area contributed by atoms with E-state index in [2.05, 4.69) is 4.90 Å². The number of likely N-dealkylation sites (tertiary alicyclic amines) is 1. The number of aliphatic hydroxyl groups is 1. The zero-order valence-electron chi connectivity index (χ0n) is 7.71. The van der Waals surface area contributed by atoms with Crippen LogP contribution in [0.4, 0.5) is 0 Å². The lowest BCUT2D eigenvalue weighted by molar-refractivity contribution is 0.0312. The molecule has 1 saturated heterocycles. The van der Waals surface area contributed by atoms with E-state index in [0.29, 0.717) is 6.04 Å². The van der Waals surface area contributed by atoms with Gasteiger partial charge in [-0.15, -0.1) is 0 Å². The van der Waals surface area contributed by atoms with Gasteiger partial charge in [-0.1, -0.05) is 12.8 Å². The summed E-state index contributed by atoms with van der Waals surface area (Å²) in [6.45, 7) is 2.45. The van der Waals surface area contributed by atoms with Crippen molar-refractivity contribution in [1.82, 2.24) is 4.90 Å². The maximum Gasteiger partial charge on any atom is 0.0695 e. The second-order valence-corrected chi connectivity index (χ2v) is 4.16. The Balaban J connectivity index is 1.91. The summed E-state index contributed by atoms with van der Waals surface area (Å²) in [5.74, 6) is 0. The number of hydrogen-bond acceptors (Lipinski definition) is 2. The molecule has 70 valence electrons. The molecule has 2 unspecified atom stereocenters. The molecule has 0 radical (unpaired) electrons. The van der Waals surface area contributed by atoms with E-state index in [1.165, 1.54) is 45.2 Å². The van der Waals surface area contributed by atoms with Crippen molar-refractivity contribution in [3.8, 4) is 0 Å². The van der Waals surface area contributed by atoms with Gasteiger partial charge < -0.3 is 5.11 Å². The van der Waals surface area contributed by atoms with Crippen LogP contribution in [0.1, 0.15) is 38.5 Å². The molecule has 1 saturated carbocycles. The van der Waals surface area contributed by atoms with E-state index in [-0.39, 0.29) is 6.10 Å². The first-order chi connectivity index (χ1) is 5.88. The maximum atomic E-state index is 9.79. The van der Waals surface area contributed by atoms with Crippen LogP contribution in [0.5, 0.6) is 0 Å². The lowest BCUT2D eigenvalue weighted by atomic mass is 9.91. The van der Waals surface area contributed by atoms with E-state index in [1.54, 1.807) is 0 Å². The lowest BCUT2D eigenvalue weighted by Gasteiger charge is -2.34. The fraction of sp³-hybridized carbons (Fsp3) is 1.00. The first-order valence-corrected chi connectivity index (χ1v) is 5.30. The van der Waals surface area contributed by atoms with Crippen LogP contribution in [-0.4, -0.2) is 35.2 Å². The van der Waals surface area contributed by atoms with Gasteiger partial charge in [-0.25, -0.2) is 0 Å². The monoisotopic (exact) mass is 169 g/mol. The van der Waals surface area contributed by atoms with Gasteiger partial charge in [0.2, 0.25) is 0 Å². The molecule has 2 fully saturated rings. The summed E-state index contributed by atoms with van der Waals surface area (Å²) in [7, 11) is 0. The second kappa shape index (κ2) is 3.75. The van der Waals surface area contributed by atoms with Gasteiger partial charge in [0, 0.05) is 6.04 Å². The Morgan fingerprint density at radius 3 is 2.25 bits per heavy atom. The predicted molar refractivity (Wildman–Crippen MR) is 49.1 cm³/mol. The molecular weight excluding hydrogens is 150 g/mol. The molecule has 0 aromatic carbocycles. The molecule has 2 heteroatoms. The Bertz CT molecular complexity index is 143. The van der Waals surface area contributed by atoms with Crippen molar-refractivity contribution < 1.29 is 5.11 Å². The molecule has 2 nitrogen and oxygen atoms in total. The van der Waals surface area contributed by atoms with Gasteiger partial charge in [0.05, 0.1) is 6.10 Å². The molecule has 2 aliphatic rings. The Kier molecular flexibility index (Phi) is 2.66. The summed E-state index contributed by atoms with van der Waals surface area (Å²) in [4.78, 5) is 2.49. The fourth-order valence-corrected chi connectivity index (χ4v) is 2.59. The van der Waals surface area contributed by atoms with Gasteiger partial charge in [-0.05, 0) is 38.8 Å². The third-order valence-corrected chi connectivity index (χ3v) is 3.30. The first-order valence-electron chi connectivity index (χ1n) is 5.30. The average Bonchev–Trinajstić information content (AvgIpc) is 2.57. The van der Waals surface area contributed by atoms with Crippen molar-refractivity contribution in [2.24, 2.45) is 0 Å². The Morgan fingerprint density at radius 2 is 1.58 bits per heavy atom. The van der Waals surface area contributed by atoms with Gasteiger partial charge in [0.15, 0.2) is 0 Å². The predicted octanol–water partition coefficient (Wildman–Crippen LogP) is 1.39. The zero-order chi connectivity index (χ0) is 8.39. The van der Waals surface area contributed by atoms with Crippen LogP contribution in [0.2, 0.25) is 0 Å². The number of rotatable bonds is 1. The van der Waals surface area contributed by atoms with Crippen LogP contribution in [0, 0.1) is 0 Å². The number of aliphatic hydroxyl groups excluding tert-OH is 1. The first kappa shape index (κ1) is 8.52. The molecule has 12 heavy (non-hydrogen) atoms. The van der Waals surface area contributed by atoms with Crippen LogP contribution in [0.3, 0.4) is 0 Å². The number of hydrogen-bond donors (Lipinski definition) is 1. The highest BCUT2D eigenvalue weighted by molar-refractivity contribution is 4.85. The third-order valence-electron chi connectivity index (χ3n) is 3.30. The van der Waals surface area contributed by atoms with Crippen LogP contribution < -0.4 is 0 Å². The summed E-state index contributed by atoms with van der Waals surface area (Å²) in [6, 6.07) is 0.501. The largest absolute Gasteiger partial charge is 0.391 e. The van der Waals surface area contributed by atoms with Crippen LogP contribution in [0.25, 0.3) is 0 Å². The molecule has 0 aromatic rings. The molecule has 1 aliphatic heterocycles. The molecule has 0 amide bonds. The van der Waals surface area contributed by atoms with E-state index in [9.17, 15) is 5.11 Å². The highest BCUT2D eigenvalue weighted by Gasteiger charge is 2.29. The Hall–Kier alpha value is -0.0800. The molecule has 2 rings (SSSR count). The van der Waals surface area contributed by atoms with Gasteiger partial charge in [-0.3, -0.25) is 4.90 Å². The molecule has 1 aliphatic carbocycles. The summed E-state index contributed by atoms with van der Waals surface area (Å²) >= 11 is 0. The summed E-state index contributed by atoms with van der Waals surface area (Å²) in [5.41, 5.74) is 0. The van der Waals surface area contributed by atoms with Crippen molar-refractivity contribution in [1.29, 1.82) is 0 Å². The van der Waals surface area contributed by atoms with Gasteiger partial charge >= 0.3 is 0 Å². The van der Waals surface area contributed by atoms with Crippen molar-refractivity contribution in [2.45, 2.75) is 50.7 Å². The maximum absolute atomic E-state index is 9.79. The minimum Gasteiger partial charge on any atom is -0.391 e. The van der Waals surface area contributed by atoms with E-state index < -0.39 is 0 Å². The van der Waals surface area contributed by atoms with Crippen LogP contribution in [-0.2, 0) is 0 Å². The van der Waals surface area contributed by atoms with Crippen molar-refractivity contribution in [2.75, 3.05) is 13.1 Å². The molecule has 2 atom stereocenters. The smallest absolute Gasteiger partial charge is 0.0695 e. The fourth-order valence-electron chi connectivity index (χ4n) is 2.59. The van der Waals surface area contributed by atoms with Crippen molar-refractivity contribution >= 4 is 0 Å². The second-order valence-electron chi connectivity index (χ2n) is 4.16. The summed E-state index contributed by atoms with van der Waals surface area (Å²) < 4.78 is 0. The summed E-state index contributed by atoms with van der Waals surface area (Å²) in [5, 5.41) is 9.79. The topological polar surface area (TPSA) is 23.5 Å². The van der Waals surface area contributed by atoms with Gasteiger partial charge in [0.25, 0.3) is 0 Å².